The SMILES string of the molecule is C=CCN(C(=O)NC)N1CC(=O)N2[C@@H](Cc3ccc(OC)cc3)C(=O)N(Cc3cccc4ccccc34)C[C@@H]21. The number of carbonyl (C=O) groups is 3. The second kappa shape index (κ2) is 11.2. The number of benzene rings is 3. The van der Waals surface area contributed by atoms with Gasteiger partial charge in [-0.1, -0.05) is 60.7 Å². The highest BCUT2D eigenvalue weighted by atomic mass is 16.5. The number of piperazine rings is 1. The summed E-state index contributed by atoms with van der Waals surface area (Å²) >= 11 is 0. The number of fused-ring (bicyclic) bond motifs is 2. The van der Waals surface area contributed by atoms with E-state index in [4.69, 9.17) is 4.74 Å². The maximum atomic E-state index is 14.1. The molecule has 9 heteroatoms. The van der Waals surface area contributed by atoms with E-state index in [2.05, 4.69) is 30.1 Å². The van der Waals surface area contributed by atoms with Gasteiger partial charge in [0.25, 0.3) is 0 Å². The maximum absolute atomic E-state index is 14.1. The van der Waals surface area contributed by atoms with Gasteiger partial charge in [0.2, 0.25) is 11.8 Å². The van der Waals surface area contributed by atoms with Crippen molar-refractivity contribution in [2.75, 3.05) is 33.8 Å². The highest BCUT2D eigenvalue weighted by Crippen LogP contribution is 2.31. The molecule has 2 fully saturated rings. The second-order valence-electron chi connectivity index (χ2n) is 9.73. The number of carbonyl (C=O) groups excluding carboxylic acids is 3. The monoisotopic (exact) mass is 527 g/mol. The Morgan fingerprint density at radius 3 is 2.56 bits per heavy atom. The fourth-order valence-corrected chi connectivity index (χ4v) is 5.57. The Morgan fingerprint density at radius 2 is 1.85 bits per heavy atom. The summed E-state index contributed by atoms with van der Waals surface area (Å²) in [4.78, 5) is 43.8. The van der Waals surface area contributed by atoms with Gasteiger partial charge in [-0.3, -0.25) is 14.6 Å². The van der Waals surface area contributed by atoms with Gasteiger partial charge >= 0.3 is 6.03 Å². The van der Waals surface area contributed by atoms with Crippen LogP contribution >= 0.6 is 0 Å². The van der Waals surface area contributed by atoms with Crippen LogP contribution in [0.4, 0.5) is 4.79 Å². The first-order valence-electron chi connectivity index (χ1n) is 13.0. The molecule has 202 valence electrons. The van der Waals surface area contributed by atoms with E-state index in [9.17, 15) is 14.4 Å². The van der Waals surface area contributed by atoms with Gasteiger partial charge in [0.15, 0.2) is 0 Å². The minimum atomic E-state index is -0.708. The lowest BCUT2D eigenvalue weighted by Crippen LogP contribution is -2.65. The van der Waals surface area contributed by atoms with Crippen molar-refractivity contribution >= 4 is 28.6 Å². The zero-order valence-corrected chi connectivity index (χ0v) is 22.2. The quantitative estimate of drug-likeness (QED) is 0.456. The van der Waals surface area contributed by atoms with E-state index in [-0.39, 0.29) is 37.5 Å². The van der Waals surface area contributed by atoms with E-state index in [1.165, 1.54) is 5.01 Å². The van der Waals surface area contributed by atoms with Crippen molar-refractivity contribution in [2.24, 2.45) is 0 Å². The summed E-state index contributed by atoms with van der Waals surface area (Å²) in [5, 5.41) is 8.09. The topological polar surface area (TPSA) is 85.4 Å². The molecule has 9 nitrogen and oxygen atoms in total. The van der Waals surface area contributed by atoms with Gasteiger partial charge in [-0.15, -0.1) is 6.58 Å². The predicted molar refractivity (Wildman–Crippen MR) is 149 cm³/mol. The number of hydrogen-bond donors (Lipinski definition) is 1. The summed E-state index contributed by atoms with van der Waals surface area (Å²) in [6, 6.07) is 20.7. The smallest absolute Gasteiger partial charge is 0.332 e. The molecule has 2 aliphatic heterocycles. The van der Waals surface area contributed by atoms with Crippen LogP contribution in [0.25, 0.3) is 10.8 Å². The number of urea groups is 1. The molecular weight excluding hydrogens is 494 g/mol. The molecule has 39 heavy (non-hydrogen) atoms. The van der Waals surface area contributed by atoms with Gasteiger partial charge in [-0.05, 0) is 34.0 Å². The first kappa shape index (κ1) is 26.2. The molecule has 5 rings (SSSR count). The average molecular weight is 528 g/mol. The van der Waals surface area contributed by atoms with Crippen molar-refractivity contribution in [1.82, 2.24) is 25.1 Å². The third kappa shape index (κ3) is 5.05. The van der Waals surface area contributed by atoms with Crippen LogP contribution in [-0.2, 0) is 22.6 Å². The predicted octanol–water partition coefficient (Wildman–Crippen LogP) is 3.01. The lowest BCUT2D eigenvalue weighted by atomic mass is 9.99. The van der Waals surface area contributed by atoms with Crippen LogP contribution in [-0.4, -0.2) is 83.7 Å². The standard InChI is InChI=1S/C30H33N5O4/c1-4-16-33(30(38)31-2)34-20-28(36)35-26(17-21-12-14-24(39-3)15-13-21)29(37)32(19-27(34)35)18-23-10-7-9-22-8-5-6-11-25(22)23/h4-15,26-27H,1,16-20H2,2-3H3,(H,31,38)/t26-,27+/m0/s1. The zero-order chi connectivity index (χ0) is 27.5. The van der Waals surface area contributed by atoms with Crippen molar-refractivity contribution in [3.05, 3.63) is 90.5 Å². The molecule has 0 radical (unpaired) electrons. The number of hydrogen-bond acceptors (Lipinski definition) is 5. The summed E-state index contributed by atoms with van der Waals surface area (Å²) in [6.07, 6.45) is 1.48. The first-order valence-corrected chi connectivity index (χ1v) is 13.0. The van der Waals surface area contributed by atoms with E-state index in [1.807, 2.05) is 53.4 Å². The first-order chi connectivity index (χ1) is 18.9. The fourth-order valence-electron chi connectivity index (χ4n) is 5.57. The molecule has 3 aromatic rings. The third-order valence-corrected chi connectivity index (χ3v) is 7.46. The third-order valence-electron chi connectivity index (χ3n) is 7.46. The summed E-state index contributed by atoms with van der Waals surface area (Å²) in [5.74, 6) is 0.424. The molecule has 0 aliphatic carbocycles. The fraction of sp³-hybridized carbons (Fsp3) is 0.300. The molecule has 2 atom stereocenters. The Bertz CT molecular complexity index is 1390. The van der Waals surface area contributed by atoms with Crippen molar-refractivity contribution < 1.29 is 19.1 Å². The van der Waals surface area contributed by atoms with E-state index < -0.39 is 12.2 Å². The van der Waals surface area contributed by atoms with E-state index >= 15 is 0 Å². The number of hydrazine groups is 1. The van der Waals surface area contributed by atoms with Crippen LogP contribution in [0.1, 0.15) is 11.1 Å². The van der Waals surface area contributed by atoms with Crippen molar-refractivity contribution in [2.45, 2.75) is 25.2 Å². The Hall–Kier alpha value is -4.37. The minimum Gasteiger partial charge on any atom is -0.497 e. The molecule has 0 unspecified atom stereocenters. The van der Waals surface area contributed by atoms with Gasteiger partial charge in [0.05, 0.1) is 26.7 Å². The second-order valence-corrected chi connectivity index (χ2v) is 9.73. The van der Waals surface area contributed by atoms with Gasteiger partial charge in [0.1, 0.15) is 18.0 Å². The van der Waals surface area contributed by atoms with E-state index in [0.29, 0.717) is 13.0 Å². The maximum Gasteiger partial charge on any atom is 0.332 e. The van der Waals surface area contributed by atoms with Crippen molar-refractivity contribution in [1.29, 1.82) is 0 Å². The van der Waals surface area contributed by atoms with Gasteiger partial charge in [-0.25, -0.2) is 4.79 Å². The summed E-state index contributed by atoms with van der Waals surface area (Å²) in [5.41, 5.74) is 1.95. The molecule has 0 bridgehead atoms. The van der Waals surface area contributed by atoms with Crippen LogP contribution in [0.15, 0.2) is 79.4 Å². The van der Waals surface area contributed by atoms with Crippen molar-refractivity contribution in [3.8, 4) is 5.75 Å². The molecule has 0 spiro atoms. The Labute approximate surface area is 228 Å². The van der Waals surface area contributed by atoms with Crippen molar-refractivity contribution in [3.63, 3.8) is 0 Å². The van der Waals surface area contributed by atoms with Gasteiger partial charge < -0.3 is 19.9 Å². The number of amides is 4. The molecule has 2 heterocycles. The molecule has 1 N–H and O–H groups in total. The summed E-state index contributed by atoms with van der Waals surface area (Å²) in [6.45, 7) is 4.69. The molecule has 2 saturated heterocycles. The number of methoxy groups -OCH3 is 1. The van der Waals surface area contributed by atoms with Crippen LogP contribution in [0, 0.1) is 0 Å². The van der Waals surface area contributed by atoms with E-state index in [1.54, 1.807) is 30.1 Å². The lowest BCUT2D eigenvalue weighted by molar-refractivity contribution is -0.157. The zero-order valence-electron chi connectivity index (χ0n) is 22.2. The molecule has 0 aromatic heterocycles. The van der Waals surface area contributed by atoms with E-state index in [0.717, 1.165) is 27.6 Å². The highest BCUT2D eigenvalue weighted by Gasteiger charge is 2.52. The molecular formula is C30H33N5O4. The van der Waals surface area contributed by atoms with Crippen LogP contribution in [0.5, 0.6) is 5.75 Å². The van der Waals surface area contributed by atoms with Gasteiger partial charge in [-0.2, -0.15) is 5.01 Å². The molecule has 4 amide bonds. The Kier molecular flexibility index (Phi) is 7.51. The normalized spacial score (nSPS) is 19.2. The average Bonchev–Trinajstić information content (AvgIpc) is 3.29. The Morgan fingerprint density at radius 1 is 1.10 bits per heavy atom. The number of rotatable bonds is 8. The van der Waals surface area contributed by atoms with Crippen LogP contribution in [0.2, 0.25) is 0 Å². The Balaban J connectivity index is 1.52. The van der Waals surface area contributed by atoms with Crippen LogP contribution < -0.4 is 10.1 Å². The van der Waals surface area contributed by atoms with Crippen LogP contribution in [0.3, 0.4) is 0 Å². The largest absolute Gasteiger partial charge is 0.497 e. The molecule has 3 aromatic carbocycles. The number of nitrogens with one attached hydrogen (secondary N) is 1. The van der Waals surface area contributed by atoms with Gasteiger partial charge in [0, 0.05) is 20.0 Å². The molecule has 2 aliphatic rings. The number of ether oxygens (including phenoxy) is 1. The summed E-state index contributed by atoms with van der Waals surface area (Å²) in [7, 11) is 3.16. The number of nitrogens with zero attached hydrogens (tertiary/aromatic N) is 4. The highest BCUT2D eigenvalue weighted by molar-refractivity contribution is 5.92. The lowest BCUT2D eigenvalue weighted by Gasteiger charge is -2.46. The summed E-state index contributed by atoms with van der Waals surface area (Å²) < 4.78 is 5.28. The minimum absolute atomic E-state index is 0.000423. The molecule has 0 saturated carbocycles.